The van der Waals surface area contributed by atoms with Crippen LogP contribution in [0.4, 0.5) is 0 Å². The lowest BCUT2D eigenvalue weighted by molar-refractivity contribution is -0.120. The number of rotatable bonds is 7. The molecule has 0 radical (unpaired) electrons. The van der Waals surface area contributed by atoms with Gasteiger partial charge in [0.05, 0.1) is 17.0 Å². The van der Waals surface area contributed by atoms with Crippen molar-refractivity contribution >= 4 is 17.7 Å². The van der Waals surface area contributed by atoms with Crippen molar-refractivity contribution in [2.24, 2.45) is 0 Å². The molecule has 0 aliphatic rings. The number of hydrogen-bond donors (Lipinski definition) is 1. The van der Waals surface area contributed by atoms with E-state index in [2.05, 4.69) is 22.4 Å². The normalized spacial score (nSPS) is 13.0. The van der Waals surface area contributed by atoms with E-state index in [1.807, 2.05) is 73.7 Å². The van der Waals surface area contributed by atoms with Crippen LogP contribution >= 0.6 is 11.8 Å². The molecule has 0 spiro atoms. The molecule has 132 valence electrons. The van der Waals surface area contributed by atoms with E-state index >= 15 is 0 Å². The van der Waals surface area contributed by atoms with Crippen LogP contribution in [0.3, 0.4) is 0 Å². The number of carbonyl (C=O) groups is 1. The Morgan fingerprint density at radius 3 is 2.27 bits per heavy atom. The fourth-order valence-corrected chi connectivity index (χ4v) is 3.51. The van der Waals surface area contributed by atoms with Crippen LogP contribution in [0.15, 0.2) is 85.1 Å². The summed E-state index contributed by atoms with van der Waals surface area (Å²) in [5.74, 6) is 0.833. The van der Waals surface area contributed by atoms with E-state index in [0.717, 1.165) is 17.0 Å². The Balaban J connectivity index is 1.69. The third-order valence-corrected chi connectivity index (χ3v) is 5.33. The monoisotopic (exact) mass is 362 g/mol. The van der Waals surface area contributed by atoms with Gasteiger partial charge in [0.25, 0.3) is 0 Å². The van der Waals surface area contributed by atoms with Crippen molar-refractivity contribution in [2.45, 2.75) is 24.0 Å². The van der Waals surface area contributed by atoms with Gasteiger partial charge in [0.2, 0.25) is 5.91 Å². The average molecular weight is 362 g/mol. The quantitative estimate of drug-likeness (QED) is 0.667. The van der Waals surface area contributed by atoms with Gasteiger partial charge in [-0.3, -0.25) is 9.78 Å². The van der Waals surface area contributed by atoms with E-state index < -0.39 is 0 Å². The number of carbonyl (C=O) groups excluding carboxylic acids is 1. The van der Waals surface area contributed by atoms with Crippen molar-refractivity contribution in [2.75, 3.05) is 0 Å². The Hall–Kier alpha value is -2.59. The van der Waals surface area contributed by atoms with Crippen LogP contribution in [0.1, 0.15) is 29.8 Å². The Bertz CT molecular complexity index is 770. The van der Waals surface area contributed by atoms with Crippen LogP contribution in [0.5, 0.6) is 0 Å². The second kappa shape index (κ2) is 9.20. The van der Waals surface area contributed by atoms with Crippen molar-refractivity contribution in [3.05, 3.63) is 102 Å². The Kier molecular flexibility index (Phi) is 6.45. The van der Waals surface area contributed by atoms with Gasteiger partial charge in [-0.05, 0) is 30.2 Å². The topological polar surface area (TPSA) is 42.0 Å². The van der Waals surface area contributed by atoms with Gasteiger partial charge in [-0.2, -0.15) is 0 Å². The molecular weight excluding hydrogens is 340 g/mol. The van der Waals surface area contributed by atoms with E-state index in [4.69, 9.17) is 0 Å². The predicted molar refractivity (Wildman–Crippen MR) is 108 cm³/mol. The molecule has 0 saturated heterocycles. The van der Waals surface area contributed by atoms with Gasteiger partial charge in [-0.25, -0.2) is 0 Å². The summed E-state index contributed by atoms with van der Waals surface area (Å²) in [4.78, 5) is 17.2. The van der Waals surface area contributed by atoms with E-state index in [1.165, 1.54) is 5.56 Å². The summed E-state index contributed by atoms with van der Waals surface area (Å²) in [6, 6.07) is 25.7. The second-order valence-corrected chi connectivity index (χ2v) is 7.37. The van der Waals surface area contributed by atoms with Gasteiger partial charge >= 0.3 is 0 Å². The number of hydrogen-bond acceptors (Lipinski definition) is 3. The molecule has 0 aliphatic carbocycles. The summed E-state index contributed by atoms with van der Waals surface area (Å²) < 4.78 is 0. The van der Waals surface area contributed by atoms with Crippen molar-refractivity contribution in [3.63, 3.8) is 0 Å². The highest BCUT2D eigenvalue weighted by atomic mass is 32.2. The second-order valence-electron chi connectivity index (χ2n) is 6.05. The number of nitrogens with one attached hydrogen (secondary N) is 1. The molecule has 0 fully saturated rings. The molecule has 3 aromatic rings. The maximum Gasteiger partial charge on any atom is 0.233 e. The number of thioether (sulfide) groups is 1. The summed E-state index contributed by atoms with van der Waals surface area (Å²) in [6.45, 7) is 1.95. The summed E-state index contributed by atoms with van der Waals surface area (Å²) >= 11 is 1.64. The highest BCUT2D eigenvalue weighted by Crippen LogP contribution is 2.23. The number of benzene rings is 2. The van der Waals surface area contributed by atoms with Crippen molar-refractivity contribution in [1.29, 1.82) is 0 Å². The zero-order valence-electron chi connectivity index (χ0n) is 14.7. The fourth-order valence-electron chi connectivity index (χ4n) is 2.65. The first-order chi connectivity index (χ1) is 12.7. The first-order valence-corrected chi connectivity index (χ1v) is 9.70. The SMILES string of the molecule is C[C@H](SCc1ccccc1)C(=O)N[C@H](c1ccccc1)c1ccccn1. The first-order valence-electron chi connectivity index (χ1n) is 8.66. The van der Waals surface area contributed by atoms with Crippen LogP contribution < -0.4 is 5.32 Å². The van der Waals surface area contributed by atoms with E-state index in [1.54, 1.807) is 18.0 Å². The fraction of sp³-hybridized carbons (Fsp3) is 0.182. The molecule has 3 rings (SSSR count). The lowest BCUT2D eigenvalue weighted by atomic mass is 10.0. The molecule has 0 saturated carbocycles. The maximum atomic E-state index is 12.8. The number of amides is 1. The number of nitrogens with zero attached hydrogens (tertiary/aromatic N) is 1. The molecule has 26 heavy (non-hydrogen) atoms. The summed E-state index contributed by atoms with van der Waals surface area (Å²) in [6.07, 6.45) is 1.75. The van der Waals surface area contributed by atoms with Crippen LogP contribution in [-0.4, -0.2) is 16.1 Å². The van der Waals surface area contributed by atoms with Gasteiger partial charge in [-0.1, -0.05) is 66.7 Å². The number of pyridine rings is 1. The zero-order chi connectivity index (χ0) is 18.2. The molecule has 1 aromatic heterocycles. The highest BCUT2D eigenvalue weighted by Gasteiger charge is 2.21. The molecule has 1 heterocycles. The third-order valence-electron chi connectivity index (χ3n) is 4.12. The lowest BCUT2D eigenvalue weighted by Gasteiger charge is -2.21. The minimum Gasteiger partial charge on any atom is -0.343 e. The van der Waals surface area contributed by atoms with Crippen molar-refractivity contribution in [3.8, 4) is 0 Å². The predicted octanol–water partition coefficient (Wildman–Crippen LogP) is 4.61. The van der Waals surface area contributed by atoms with E-state index in [9.17, 15) is 4.79 Å². The van der Waals surface area contributed by atoms with E-state index in [0.29, 0.717) is 0 Å². The Labute approximate surface area is 158 Å². The molecular formula is C22H22N2OS. The van der Waals surface area contributed by atoms with Gasteiger partial charge in [0.15, 0.2) is 0 Å². The standard InChI is InChI=1S/C22H22N2OS/c1-17(26-16-18-10-4-2-5-11-18)22(25)24-21(19-12-6-3-7-13-19)20-14-8-9-15-23-20/h2-15,17,21H,16H2,1H3,(H,24,25)/t17-,21+/m0/s1. The first kappa shape index (κ1) is 18.2. The van der Waals surface area contributed by atoms with Gasteiger partial charge in [0.1, 0.15) is 0 Å². The van der Waals surface area contributed by atoms with Gasteiger partial charge < -0.3 is 5.32 Å². The zero-order valence-corrected chi connectivity index (χ0v) is 15.5. The molecule has 1 amide bonds. The average Bonchev–Trinajstić information content (AvgIpc) is 2.72. The minimum absolute atomic E-state index is 0.0189. The van der Waals surface area contributed by atoms with Crippen molar-refractivity contribution in [1.82, 2.24) is 10.3 Å². The Morgan fingerprint density at radius 1 is 0.962 bits per heavy atom. The molecule has 0 unspecified atom stereocenters. The lowest BCUT2D eigenvalue weighted by Crippen LogP contribution is -2.35. The molecule has 4 heteroatoms. The molecule has 3 nitrogen and oxygen atoms in total. The summed E-state index contributed by atoms with van der Waals surface area (Å²) in [7, 11) is 0. The highest BCUT2D eigenvalue weighted by molar-refractivity contribution is 7.99. The van der Waals surface area contributed by atoms with E-state index in [-0.39, 0.29) is 17.2 Å². The van der Waals surface area contributed by atoms with Crippen molar-refractivity contribution < 1.29 is 4.79 Å². The summed E-state index contributed by atoms with van der Waals surface area (Å²) in [5, 5.41) is 3.02. The molecule has 2 aromatic carbocycles. The number of aromatic nitrogens is 1. The molecule has 2 atom stereocenters. The third kappa shape index (κ3) is 4.96. The maximum absolute atomic E-state index is 12.8. The van der Waals surface area contributed by atoms with Gasteiger partial charge in [0, 0.05) is 11.9 Å². The molecule has 0 bridgehead atoms. The van der Waals surface area contributed by atoms with Gasteiger partial charge in [-0.15, -0.1) is 11.8 Å². The molecule has 1 N–H and O–H groups in total. The minimum atomic E-state index is -0.246. The molecule has 0 aliphatic heterocycles. The van der Waals surface area contributed by atoms with Crippen LogP contribution in [0.25, 0.3) is 0 Å². The van der Waals surface area contributed by atoms with Crippen LogP contribution in [0.2, 0.25) is 0 Å². The summed E-state index contributed by atoms with van der Waals surface area (Å²) in [5.41, 5.74) is 3.09. The smallest absolute Gasteiger partial charge is 0.233 e. The largest absolute Gasteiger partial charge is 0.343 e. The van der Waals surface area contributed by atoms with Crippen LogP contribution in [0, 0.1) is 0 Å². The van der Waals surface area contributed by atoms with Crippen LogP contribution in [-0.2, 0) is 10.5 Å². The Morgan fingerprint density at radius 2 is 1.62 bits per heavy atom.